The highest BCUT2D eigenvalue weighted by atomic mass is 16.7. The van der Waals surface area contributed by atoms with Crippen LogP contribution in [0.1, 0.15) is 27.7 Å². The zero-order chi connectivity index (χ0) is 16.8. The SMILES string of the molecule is COc1ccccc1C(OCc1ccccc1C(=O)O)[N+](=O)[O-]. The summed E-state index contributed by atoms with van der Waals surface area (Å²) < 4.78 is 10.5. The molecule has 0 saturated heterocycles. The number of carbonyl (C=O) groups is 1. The van der Waals surface area contributed by atoms with Gasteiger partial charge < -0.3 is 14.6 Å². The molecule has 2 rings (SSSR count). The number of benzene rings is 2. The number of hydrogen-bond donors (Lipinski definition) is 1. The van der Waals surface area contributed by atoms with Crippen LogP contribution in [0.25, 0.3) is 0 Å². The van der Waals surface area contributed by atoms with E-state index in [4.69, 9.17) is 14.6 Å². The van der Waals surface area contributed by atoms with Crippen molar-refractivity contribution in [3.05, 3.63) is 75.3 Å². The first-order valence-electron chi connectivity index (χ1n) is 6.73. The number of carboxylic acid groups (broad SMARTS) is 1. The van der Waals surface area contributed by atoms with E-state index in [1.807, 2.05) is 0 Å². The van der Waals surface area contributed by atoms with E-state index in [2.05, 4.69) is 0 Å². The van der Waals surface area contributed by atoms with Crippen molar-refractivity contribution in [1.29, 1.82) is 0 Å². The minimum Gasteiger partial charge on any atom is -0.496 e. The Kier molecular flexibility index (Phi) is 5.27. The fraction of sp³-hybridized carbons (Fsp3) is 0.188. The van der Waals surface area contributed by atoms with Crippen molar-refractivity contribution in [3.63, 3.8) is 0 Å². The summed E-state index contributed by atoms with van der Waals surface area (Å²) in [5, 5.41) is 20.4. The highest BCUT2D eigenvalue weighted by Crippen LogP contribution is 2.29. The molecule has 2 aromatic rings. The molecule has 0 saturated carbocycles. The Bertz CT molecular complexity index is 715. The maximum absolute atomic E-state index is 11.3. The molecule has 1 atom stereocenters. The molecule has 0 aliphatic carbocycles. The Morgan fingerprint density at radius 3 is 2.52 bits per heavy atom. The van der Waals surface area contributed by atoms with Crippen molar-refractivity contribution in [3.8, 4) is 5.75 Å². The smallest absolute Gasteiger partial charge is 0.346 e. The van der Waals surface area contributed by atoms with Crippen LogP contribution in [-0.4, -0.2) is 23.1 Å². The summed E-state index contributed by atoms with van der Waals surface area (Å²) in [5.74, 6) is -0.778. The first-order valence-corrected chi connectivity index (χ1v) is 6.73. The molecule has 120 valence electrons. The van der Waals surface area contributed by atoms with E-state index < -0.39 is 17.1 Å². The third-order valence-electron chi connectivity index (χ3n) is 3.24. The Morgan fingerprint density at radius 1 is 1.22 bits per heavy atom. The van der Waals surface area contributed by atoms with Gasteiger partial charge >= 0.3 is 12.2 Å². The molecule has 0 fully saturated rings. The third kappa shape index (κ3) is 3.83. The molecular weight excluding hydrogens is 302 g/mol. The van der Waals surface area contributed by atoms with Crippen molar-refractivity contribution in [2.75, 3.05) is 7.11 Å². The number of methoxy groups -OCH3 is 1. The minimum atomic E-state index is -1.45. The number of nitrogens with zero attached hydrogens (tertiary/aromatic N) is 1. The fourth-order valence-electron chi connectivity index (χ4n) is 2.16. The van der Waals surface area contributed by atoms with E-state index >= 15 is 0 Å². The average Bonchev–Trinajstić information content (AvgIpc) is 2.55. The van der Waals surface area contributed by atoms with Gasteiger partial charge in [0, 0.05) is 0 Å². The van der Waals surface area contributed by atoms with Crippen LogP contribution in [-0.2, 0) is 11.3 Å². The molecule has 0 aromatic heterocycles. The largest absolute Gasteiger partial charge is 0.496 e. The van der Waals surface area contributed by atoms with Gasteiger partial charge in [-0.2, -0.15) is 0 Å². The molecule has 0 bridgehead atoms. The maximum Gasteiger partial charge on any atom is 0.346 e. The van der Waals surface area contributed by atoms with Crippen LogP contribution in [0.3, 0.4) is 0 Å². The van der Waals surface area contributed by atoms with E-state index in [1.165, 1.54) is 19.2 Å². The first-order chi connectivity index (χ1) is 11.0. The van der Waals surface area contributed by atoms with Gasteiger partial charge in [0.15, 0.2) is 0 Å². The van der Waals surface area contributed by atoms with Crippen molar-refractivity contribution in [2.45, 2.75) is 12.8 Å². The molecule has 23 heavy (non-hydrogen) atoms. The van der Waals surface area contributed by atoms with Crippen molar-refractivity contribution >= 4 is 5.97 Å². The molecule has 0 aliphatic rings. The van der Waals surface area contributed by atoms with Crippen LogP contribution in [0.4, 0.5) is 0 Å². The first kappa shape index (κ1) is 16.4. The van der Waals surface area contributed by atoms with E-state index in [0.29, 0.717) is 11.3 Å². The molecule has 0 aliphatic heterocycles. The molecule has 0 heterocycles. The number of rotatable bonds is 7. The summed E-state index contributed by atoms with van der Waals surface area (Å²) in [6, 6.07) is 12.7. The Balaban J connectivity index is 2.25. The van der Waals surface area contributed by atoms with Gasteiger partial charge in [0.25, 0.3) is 0 Å². The zero-order valence-electron chi connectivity index (χ0n) is 12.3. The van der Waals surface area contributed by atoms with Crippen molar-refractivity contribution in [2.24, 2.45) is 0 Å². The zero-order valence-corrected chi connectivity index (χ0v) is 12.3. The molecule has 0 amide bonds. The molecule has 7 heteroatoms. The molecular formula is C16H15NO6. The fourth-order valence-corrected chi connectivity index (χ4v) is 2.16. The molecule has 1 unspecified atom stereocenters. The summed E-state index contributed by atoms with van der Waals surface area (Å²) in [5.41, 5.74) is 0.684. The second-order valence-electron chi connectivity index (χ2n) is 4.65. The van der Waals surface area contributed by atoms with Gasteiger partial charge in [-0.1, -0.05) is 30.3 Å². The lowest BCUT2D eigenvalue weighted by atomic mass is 10.1. The van der Waals surface area contributed by atoms with Crippen LogP contribution >= 0.6 is 0 Å². The predicted molar refractivity (Wildman–Crippen MR) is 80.9 cm³/mol. The van der Waals surface area contributed by atoms with Crippen LogP contribution in [0.5, 0.6) is 5.75 Å². The summed E-state index contributed by atoms with van der Waals surface area (Å²) in [6.45, 7) is -0.202. The number of ether oxygens (including phenoxy) is 2. The molecule has 0 spiro atoms. The lowest BCUT2D eigenvalue weighted by Gasteiger charge is -2.14. The maximum atomic E-state index is 11.3. The summed E-state index contributed by atoms with van der Waals surface area (Å²) in [7, 11) is 1.41. The van der Waals surface area contributed by atoms with Gasteiger partial charge in [0.1, 0.15) is 5.75 Å². The van der Waals surface area contributed by atoms with Gasteiger partial charge in [-0.05, 0) is 23.8 Å². The molecule has 2 aromatic carbocycles. The van der Waals surface area contributed by atoms with Gasteiger partial charge in [0.05, 0.1) is 29.8 Å². The topological polar surface area (TPSA) is 98.9 Å². The average molecular weight is 317 g/mol. The third-order valence-corrected chi connectivity index (χ3v) is 3.24. The number of para-hydroxylation sites is 1. The highest BCUT2D eigenvalue weighted by Gasteiger charge is 2.27. The number of carboxylic acids is 1. The summed E-state index contributed by atoms with van der Waals surface area (Å²) in [6.07, 6.45) is -1.45. The van der Waals surface area contributed by atoms with E-state index in [1.54, 1.807) is 36.4 Å². The van der Waals surface area contributed by atoms with Crippen molar-refractivity contribution in [1.82, 2.24) is 0 Å². The quantitative estimate of drug-likeness (QED) is 0.479. The Labute approximate surface area is 132 Å². The van der Waals surface area contributed by atoms with Crippen LogP contribution in [0, 0.1) is 10.1 Å². The Hall–Kier alpha value is -2.93. The van der Waals surface area contributed by atoms with Crippen LogP contribution in [0.15, 0.2) is 48.5 Å². The number of aromatic carboxylic acids is 1. The molecule has 0 radical (unpaired) electrons. The summed E-state index contributed by atoms with van der Waals surface area (Å²) >= 11 is 0. The standard InChI is InChI=1S/C16H15NO6/c1-22-14-9-5-4-8-13(14)15(17(20)21)23-10-11-6-2-3-7-12(11)16(18)19/h2-9,15H,10H2,1H3,(H,18,19). The Morgan fingerprint density at radius 2 is 1.87 bits per heavy atom. The van der Waals surface area contributed by atoms with E-state index in [9.17, 15) is 14.9 Å². The second-order valence-corrected chi connectivity index (χ2v) is 4.65. The summed E-state index contributed by atoms with van der Waals surface area (Å²) in [4.78, 5) is 21.9. The predicted octanol–water partition coefficient (Wildman–Crippen LogP) is 2.89. The van der Waals surface area contributed by atoms with Gasteiger partial charge in [-0.25, -0.2) is 4.79 Å². The van der Waals surface area contributed by atoms with Crippen molar-refractivity contribution < 1.29 is 24.3 Å². The minimum absolute atomic E-state index is 0.0506. The van der Waals surface area contributed by atoms with E-state index in [0.717, 1.165) is 0 Å². The van der Waals surface area contributed by atoms with Gasteiger partial charge in [-0.15, -0.1) is 0 Å². The van der Waals surface area contributed by atoms with Gasteiger partial charge in [0.2, 0.25) is 0 Å². The van der Waals surface area contributed by atoms with Gasteiger partial charge in [-0.3, -0.25) is 10.1 Å². The molecule has 1 N–H and O–H groups in total. The van der Waals surface area contributed by atoms with Crippen LogP contribution < -0.4 is 4.74 Å². The monoisotopic (exact) mass is 317 g/mol. The number of hydrogen-bond acceptors (Lipinski definition) is 5. The molecule has 7 nitrogen and oxygen atoms in total. The lowest BCUT2D eigenvalue weighted by Crippen LogP contribution is -2.16. The second kappa shape index (κ2) is 7.37. The lowest BCUT2D eigenvalue weighted by molar-refractivity contribution is -0.586. The number of nitro groups is 1. The van der Waals surface area contributed by atoms with E-state index in [-0.39, 0.29) is 17.7 Å². The normalized spacial score (nSPS) is 11.7. The van der Waals surface area contributed by atoms with Crippen LogP contribution in [0.2, 0.25) is 0 Å². The highest BCUT2D eigenvalue weighted by molar-refractivity contribution is 5.89.